The third kappa shape index (κ3) is 1.59. The normalized spacial score (nSPS) is 32.8. The van der Waals surface area contributed by atoms with E-state index in [1.807, 2.05) is 0 Å². The summed E-state index contributed by atoms with van der Waals surface area (Å²) in [4.78, 5) is 4.08. The molecule has 3 rings (SSSR count). The molecule has 4 heteroatoms. The van der Waals surface area contributed by atoms with Crippen LogP contribution in [-0.2, 0) is 5.41 Å². The first-order valence-electron chi connectivity index (χ1n) is 5.97. The van der Waals surface area contributed by atoms with Gasteiger partial charge in [-0.1, -0.05) is 12.2 Å². The Bertz CT molecular complexity index is 577. The van der Waals surface area contributed by atoms with E-state index in [4.69, 9.17) is 5.26 Å². The summed E-state index contributed by atoms with van der Waals surface area (Å²) in [7, 11) is 0. The maximum atomic E-state index is 9.61. The molecule has 0 spiro atoms. The summed E-state index contributed by atoms with van der Waals surface area (Å²) in [6, 6.07) is 6.85. The zero-order chi connectivity index (χ0) is 12.6. The van der Waals surface area contributed by atoms with Crippen LogP contribution in [0, 0.1) is 22.7 Å². The summed E-state index contributed by atoms with van der Waals surface area (Å²) in [5.41, 5.74) is 0.856. The molecule has 2 aliphatic rings. The fraction of sp³-hybridized carbons (Fsp3) is 0.357. The minimum absolute atomic E-state index is 0.258. The number of piperidine rings is 1. The van der Waals surface area contributed by atoms with E-state index in [2.05, 4.69) is 34.6 Å². The molecule has 2 bridgehead atoms. The van der Waals surface area contributed by atoms with Crippen LogP contribution in [0.1, 0.15) is 24.0 Å². The second kappa shape index (κ2) is 3.94. The number of pyridine rings is 1. The second-order valence-electron chi connectivity index (χ2n) is 4.94. The Hall–Kier alpha value is -2.17. The van der Waals surface area contributed by atoms with Crippen LogP contribution in [0.15, 0.2) is 30.6 Å². The van der Waals surface area contributed by atoms with Gasteiger partial charge in [-0.15, -0.1) is 0 Å². The van der Waals surface area contributed by atoms with Gasteiger partial charge in [0.25, 0.3) is 0 Å². The number of fused-ring (bicyclic) bond motifs is 2. The van der Waals surface area contributed by atoms with Gasteiger partial charge < -0.3 is 5.32 Å². The van der Waals surface area contributed by atoms with Gasteiger partial charge in [-0.05, 0) is 24.5 Å². The van der Waals surface area contributed by atoms with E-state index in [1.165, 1.54) is 6.20 Å². The molecule has 1 saturated heterocycles. The monoisotopic (exact) mass is 236 g/mol. The molecule has 88 valence electrons. The minimum Gasteiger partial charge on any atom is -0.304 e. The highest BCUT2D eigenvalue weighted by Gasteiger charge is 2.43. The Morgan fingerprint density at radius 2 is 1.94 bits per heavy atom. The van der Waals surface area contributed by atoms with Crippen molar-refractivity contribution in [3.8, 4) is 12.1 Å². The average molecular weight is 236 g/mol. The first-order chi connectivity index (χ1) is 8.75. The summed E-state index contributed by atoms with van der Waals surface area (Å²) >= 11 is 0. The molecule has 0 unspecified atom stereocenters. The molecule has 0 aromatic carbocycles. The van der Waals surface area contributed by atoms with Crippen molar-refractivity contribution in [1.29, 1.82) is 10.5 Å². The lowest BCUT2D eigenvalue weighted by Gasteiger charge is -2.36. The molecular formula is C14H12N4. The van der Waals surface area contributed by atoms with E-state index < -0.39 is 5.41 Å². The van der Waals surface area contributed by atoms with Crippen molar-refractivity contribution < 1.29 is 0 Å². The van der Waals surface area contributed by atoms with Gasteiger partial charge in [0.1, 0.15) is 6.07 Å². The maximum Gasteiger partial charge on any atom is 0.101 e. The lowest BCUT2D eigenvalue weighted by atomic mass is 9.72. The third-order valence-corrected chi connectivity index (χ3v) is 3.77. The molecule has 4 nitrogen and oxygen atoms in total. The van der Waals surface area contributed by atoms with Crippen molar-refractivity contribution in [1.82, 2.24) is 10.3 Å². The Labute approximate surface area is 106 Å². The van der Waals surface area contributed by atoms with Gasteiger partial charge in [0.2, 0.25) is 0 Å². The minimum atomic E-state index is -0.524. The van der Waals surface area contributed by atoms with E-state index in [0.717, 1.165) is 18.4 Å². The van der Waals surface area contributed by atoms with E-state index in [0.29, 0.717) is 5.56 Å². The number of rotatable bonds is 1. The molecular weight excluding hydrogens is 224 g/mol. The largest absolute Gasteiger partial charge is 0.304 e. The molecule has 0 saturated carbocycles. The van der Waals surface area contributed by atoms with Crippen molar-refractivity contribution in [3.63, 3.8) is 0 Å². The van der Waals surface area contributed by atoms with Crippen LogP contribution < -0.4 is 5.32 Å². The molecule has 3 heterocycles. The van der Waals surface area contributed by atoms with Crippen molar-refractivity contribution in [2.24, 2.45) is 0 Å². The van der Waals surface area contributed by atoms with Gasteiger partial charge in [0.15, 0.2) is 0 Å². The molecule has 18 heavy (non-hydrogen) atoms. The van der Waals surface area contributed by atoms with Crippen molar-refractivity contribution >= 4 is 0 Å². The van der Waals surface area contributed by atoms with Crippen LogP contribution in [0.25, 0.3) is 0 Å². The van der Waals surface area contributed by atoms with Crippen LogP contribution in [-0.4, -0.2) is 17.1 Å². The summed E-state index contributed by atoms with van der Waals surface area (Å²) in [6.45, 7) is 0. The molecule has 1 N–H and O–H groups in total. The van der Waals surface area contributed by atoms with E-state index in [1.54, 1.807) is 12.3 Å². The third-order valence-electron chi connectivity index (χ3n) is 3.77. The summed E-state index contributed by atoms with van der Waals surface area (Å²) in [6.07, 6.45) is 8.99. The van der Waals surface area contributed by atoms with E-state index >= 15 is 0 Å². The Kier molecular flexibility index (Phi) is 2.40. The lowest BCUT2D eigenvalue weighted by Crippen LogP contribution is -2.46. The predicted molar refractivity (Wildman–Crippen MR) is 65.3 cm³/mol. The number of nitrogens with zero attached hydrogens (tertiary/aromatic N) is 3. The average Bonchev–Trinajstić information content (AvgIpc) is 2.78. The van der Waals surface area contributed by atoms with Crippen LogP contribution in [0.5, 0.6) is 0 Å². The van der Waals surface area contributed by atoms with E-state index in [-0.39, 0.29) is 12.1 Å². The van der Waals surface area contributed by atoms with Gasteiger partial charge in [-0.25, -0.2) is 0 Å². The standard InChI is InChI=1S/C14H12N4/c15-6-10-3-11(8-17-7-10)14(9-16)4-12-1-2-13(5-14)18-12/h1-3,7-8,12-13,18H,4-5H2/t12-,13+,14-. The smallest absolute Gasteiger partial charge is 0.101 e. The number of hydrogen-bond donors (Lipinski definition) is 1. The quantitative estimate of drug-likeness (QED) is 0.748. The topological polar surface area (TPSA) is 72.5 Å². The summed E-state index contributed by atoms with van der Waals surface area (Å²) < 4.78 is 0. The van der Waals surface area contributed by atoms with Gasteiger partial charge in [-0.2, -0.15) is 10.5 Å². The molecule has 0 aliphatic carbocycles. The van der Waals surface area contributed by atoms with Gasteiger partial charge in [-0.3, -0.25) is 4.98 Å². The van der Waals surface area contributed by atoms with E-state index in [9.17, 15) is 5.26 Å². The Morgan fingerprint density at radius 3 is 2.56 bits per heavy atom. The number of aromatic nitrogens is 1. The SMILES string of the molecule is N#Cc1cncc([C@]2(C#N)C[C@H]3C=C[C@@H](C2)N3)c1. The fourth-order valence-electron chi connectivity index (χ4n) is 2.90. The number of nitrogens with one attached hydrogen (secondary N) is 1. The highest BCUT2D eigenvalue weighted by atomic mass is 15.0. The number of hydrogen-bond acceptors (Lipinski definition) is 4. The Balaban J connectivity index is 2.02. The molecule has 1 aromatic rings. The molecule has 3 atom stereocenters. The first-order valence-corrected chi connectivity index (χ1v) is 5.97. The molecule has 1 fully saturated rings. The lowest BCUT2D eigenvalue weighted by molar-refractivity contribution is 0.319. The number of nitriles is 2. The van der Waals surface area contributed by atoms with Gasteiger partial charge >= 0.3 is 0 Å². The zero-order valence-electron chi connectivity index (χ0n) is 9.80. The summed E-state index contributed by atoms with van der Waals surface area (Å²) in [5, 5.41) is 22.0. The van der Waals surface area contributed by atoms with Crippen LogP contribution in [0.2, 0.25) is 0 Å². The second-order valence-corrected chi connectivity index (χ2v) is 4.94. The summed E-state index contributed by atoms with van der Waals surface area (Å²) in [5.74, 6) is 0. The van der Waals surface area contributed by atoms with Gasteiger partial charge in [0.05, 0.1) is 17.0 Å². The first kappa shape index (κ1) is 11.0. The molecule has 1 aromatic heterocycles. The van der Waals surface area contributed by atoms with Crippen LogP contribution in [0.4, 0.5) is 0 Å². The van der Waals surface area contributed by atoms with Crippen molar-refractivity contribution in [3.05, 3.63) is 41.7 Å². The van der Waals surface area contributed by atoms with Gasteiger partial charge in [0, 0.05) is 24.5 Å². The molecule has 2 aliphatic heterocycles. The Morgan fingerprint density at radius 1 is 1.22 bits per heavy atom. The van der Waals surface area contributed by atoms with Crippen LogP contribution in [0.3, 0.4) is 0 Å². The van der Waals surface area contributed by atoms with Crippen molar-refractivity contribution in [2.45, 2.75) is 30.3 Å². The maximum absolute atomic E-state index is 9.61. The highest BCUT2D eigenvalue weighted by molar-refractivity contribution is 5.40. The molecule has 0 amide bonds. The predicted octanol–water partition coefficient (Wildman–Crippen LogP) is 1.41. The van der Waals surface area contributed by atoms with Crippen molar-refractivity contribution in [2.75, 3.05) is 0 Å². The zero-order valence-corrected chi connectivity index (χ0v) is 9.80. The van der Waals surface area contributed by atoms with Crippen LogP contribution >= 0.6 is 0 Å². The fourth-order valence-corrected chi connectivity index (χ4v) is 2.90. The molecule has 0 radical (unpaired) electrons. The highest BCUT2D eigenvalue weighted by Crippen LogP contribution is 2.39.